The van der Waals surface area contributed by atoms with Crippen LogP contribution in [0, 0.1) is 0 Å². The number of aryl methyl sites for hydroxylation is 1. The van der Waals surface area contributed by atoms with Gasteiger partial charge in [0.1, 0.15) is 4.90 Å². The van der Waals surface area contributed by atoms with E-state index in [-0.39, 0.29) is 4.90 Å². The lowest BCUT2D eigenvalue weighted by Gasteiger charge is -2.13. The van der Waals surface area contributed by atoms with E-state index in [1.54, 1.807) is 24.3 Å². The van der Waals surface area contributed by atoms with Gasteiger partial charge in [-0.15, -0.1) is 0 Å². The highest BCUT2D eigenvalue weighted by Gasteiger charge is 2.19. The third-order valence-electron chi connectivity index (χ3n) is 2.89. The lowest BCUT2D eigenvalue weighted by atomic mass is 10.1. The summed E-state index contributed by atoms with van der Waals surface area (Å²) in [5.74, 6) is 0. The SMILES string of the molecule is CCc1ccccc1NS(=O)(=O)c1cc(N)ccc1Br. The van der Waals surface area contributed by atoms with Gasteiger partial charge in [-0.1, -0.05) is 25.1 Å². The fourth-order valence-corrected chi connectivity index (χ4v) is 3.95. The standard InChI is InChI=1S/C14H15BrN2O2S/c1-2-10-5-3-4-6-13(10)17-20(18,19)14-9-11(16)7-8-12(14)15/h3-9,17H,2,16H2,1H3. The molecule has 2 aromatic rings. The Morgan fingerprint density at radius 3 is 2.60 bits per heavy atom. The molecule has 2 rings (SSSR count). The van der Waals surface area contributed by atoms with E-state index in [9.17, 15) is 8.42 Å². The minimum Gasteiger partial charge on any atom is -0.399 e. The van der Waals surface area contributed by atoms with Crippen molar-refractivity contribution in [1.29, 1.82) is 0 Å². The minimum atomic E-state index is -3.68. The number of hydrogen-bond acceptors (Lipinski definition) is 3. The first-order valence-electron chi connectivity index (χ1n) is 6.10. The Hall–Kier alpha value is -1.53. The number of nitrogens with one attached hydrogen (secondary N) is 1. The lowest BCUT2D eigenvalue weighted by molar-refractivity contribution is 0.600. The van der Waals surface area contributed by atoms with E-state index in [1.807, 2.05) is 19.1 Å². The fourth-order valence-electron chi connectivity index (χ4n) is 1.85. The fraction of sp³-hybridized carbons (Fsp3) is 0.143. The summed E-state index contributed by atoms with van der Waals surface area (Å²) >= 11 is 3.24. The van der Waals surface area contributed by atoms with Crippen LogP contribution in [-0.2, 0) is 16.4 Å². The maximum absolute atomic E-state index is 12.4. The average Bonchev–Trinajstić information content (AvgIpc) is 2.41. The maximum Gasteiger partial charge on any atom is 0.263 e. The molecule has 2 aromatic carbocycles. The number of halogens is 1. The van der Waals surface area contributed by atoms with E-state index in [4.69, 9.17) is 5.73 Å². The molecule has 20 heavy (non-hydrogen) atoms. The Kier molecular flexibility index (Phi) is 4.35. The summed E-state index contributed by atoms with van der Waals surface area (Å²) in [4.78, 5) is 0.128. The predicted octanol–water partition coefficient (Wildman–Crippen LogP) is 3.39. The van der Waals surface area contributed by atoms with E-state index in [2.05, 4.69) is 20.7 Å². The third-order valence-corrected chi connectivity index (χ3v) is 5.25. The van der Waals surface area contributed by atoms with Crippen molar-refractivity contribution in [3.63, 3.8) is 0 Å². The van der Waals surface area contributed by atoms with E-state index >= 15 is 0 Å². The maximum atomic E-state index is 12.4. The van der Waals surface area contributed by atoms with Gasteiger partial charge in [-0.25, -0.2) is 8.42 Å². The van der Waals surface area contributed by atoms with Crippen molar-refractivity contribution in [2.24, 2.45) is 0 Å². The smallest absolute Gasteiger partial charge is 0.263 e. The summed E-state index contributed by atoms with van der Waals surface area (Å²) in [5.41, 5.74) is 7.59. The van der Waals surface area contributed by atoms with Gasteiger partial charge in [0, 0.05) is 10.2 Å². The Bertz CT molecular complexity index is 730. The van der Waals surface area contributed by atoms with Crippen LogP contribution in [0.4, 0.5) is 11.4 Å². The topological polar surface area (TPSA) is 72.2 Å². The van der Waals surface area contributed by atoms with Crippen molar-refractivity contribution < 1.29 is 8.42 Å². The molecule has 0 saturated carbocycles. The largest absolute Gasteiger partial charge is 0.399 e. The average molecular weight is 355 g/mol. The van der Waals surface area contributed by atoms with Crippen LogP contribution < -0.4 is 10.5 Å². The highest BCUT2D eigenvalue weighted by atomic mass is 79.9. The Balaban J connectivity index is 2.43. The molecular weight excluding hydrogens is 340 g/mol. The molecule has 0 heterocycles. The summed E-state index contributed by atoms with van der Waals surface area (Å²) in [6.07, 6.45) is 0.747. The van der Waals surface area contributed by atoms with Crippen molar-refractivity contribution in [3.8, 4) is 0 Å². The lowest BCUT2D eigenvalue weighted by Crippen LogP contribution is -2.15. The predicted molar refractivity (Wildman–Crippen MR) is 85.2 cm³/mol. The monoisotopic (exact) mass is 354 g/mol. The molecule has 0 saturated heterocycles. The van der Waals surface area contributed by atoms with Crippen LogP contribution in [0.2, 0.25) is 0 Å². The number of sulfonamides is 1. The number of nitrogens with two attached hydrogens (primary N) is 1. The summed E-state index contributed by atoms with van der Waals surface area (Å²) < 4.78 is 28.0. The zero-order valence-electron chi connectivity index (χ0n) is 10.9. The molecule has 3 N–H and O–H groups in total. The first-order chi connectivity index (χ1) is 9.44. The van der Waals surface area contributed by atoms with Gasteiger partial charge in [0.05, 0.1) is 5.69 Å². The van der Waals surface area contributed by atoms with Crippen molar-refractivity contribution in [1.82, 2.24) is 0 Å². The quantitative estimate of drug-likeness (QED) is 0.826. The van der Waals surface area contributed by atoms with Crippen LogP contribution in [0.15, 0.2) is 51.8 Å². The van der Waals surface area contributed by atoms with Crippen molar-refractivity contribution in [2.45, 2.75) is 18.2 Å². The molecule has 0 unspecified atom stereocenters. The summed E-state index contributed by atoms with van der Waals surface area (Å²) in [6.45, 7) is 1.98. The molecule has 0 aliphatic carbocycles. The zero-order chi connectivity index (χ0) is 14.8. The van der Waals surface area contributed by atoms with Crippen LogP contribution in [0.1, 0.15) is 12.5 Å². The van der Waals surface area contributed by atoms with Gasteiger partial charge < -0.3 is 5.73 Å². The highest BCUT2D eigenvalue weighted by molar-refractivity contribution is 9.10. The molecule has 0 aliphatic heterocycles. The minimum absolute atomic E-state index is 0.128. The van der Waals surface area contributed by atoms with E-state index < -0.39 is 10.0 Å². The van der Waals surface area contributed by atoms with Gasteiger partial charge in [-0.2, -0.15) is 0 Å². The second-order valence-corrected chi connectivity index (χ2v) is 6.81. The third kappa shape index (κ3) is 3.13. The molecule has 0 radical (unpaired) electrons. The Labute approximate surface area is 127 Å². The van der Waals surface area contributed by atoms with Crippen molar-refractivity contribution in [2.75, 3.05) is 10.5 Å². The number of rotatable bonds is 4. The first-order valence-corrected chi connectivity index (χ1v) is 8.37. The van der Waals surface area contributed by atoms with Crippen LogP contribution in [0.5, 0.6) is 0 Å². The molecule has 0 fully saturated rings. The molecule has 4 nitrogen and oxygen atoms in total. The summed E-state index contributed by atoms with van der Waals surface area (Å²) in [5, 5.41) is 0. The van der Waals surface area contributed by atoms with E-state index in [0.717, 1.165) is 12.0 Å². The van der Waals surface area contributed by atoms with Crippen LogP contribution in [0.3, 0.4) is 0 Å². The van der Waals surface area contributed by atoms with E-state index in [1.165, 1.54) is 6.07 Å². The molecule has 0 aromatic heterocycles. The first kappa shape index (κ1) is 14.9. The van der Waals surface area contributed by atoms with Gasteiger partial charge >= 0.3 is 0 Å². The Morgan fingerprint density at radius 2 is 1.90 bits per heavy atom. The highest BCUT2D eigenvalue weighted by Crippen LogP contribution is 2.27. The summed E-state index contributed by atoms with van der Waals surface area (Å²) in [7, 11) is -3.68. The van der Waals surface area contributed by atoms with Crippen LogP contribution >= 0.6 is 15.9 Å². The van der Waals surface area contributed by atoms with Gasteiger partial charge in [-0.3, -0.25) is 4.72 Å². The second kappa shape index (κ2) is 5.85. The molecule has 0 bridgehead atoms. The molecule has 0 atom stereocenters. The number of nitrogen functional groups attached to an aromatic ring is 1. The van der Waals surface area contributed by atoms with Crippen molar-refractivity contribution in [3.05, 3.63) is 52.5 Å². The van der Waals surface area contributed by atoms with Gasteiger partial charge in [0.15, 0.2) is 0 Å². The molecule has 0 spiro atoms. The number of benzene rings is 2. The van der Waals surface area contributed by atoms with Crippen LogP contribution in [-0.4, -0.2) is 8.42 Å². The molecule has 6 heteroatoms. The van der Waals surface area contributed by atoms with Crippen LogP contribution in [0.25, 0.3) is 0 Å². The molecule has 0 amide bonds. The van der Waals surface area contributed by atoms with E-state index in [0.29, 0.717) is 15.8 Å². The normalized spacial score (nSPS) is 11.3. The second-order valence-electron chi connectivity index (χ2n) is 4.31. The van der Waals surface area contributed by atoms with Gasteiger partial charge in [-0.05, 0) is 52.2 Å². The molecule has 0 aliphatic rings. The Morgan fingerprint density at radius 1 is 1.20 bits per heavy atom. The van der Waals surface area contributed by atoms with Crippen molar-refractivity contribution >= 4 is 37.3 Å². The number of anilines is 2. The molecular formula is C14H15BrN2O2S. The summed E-state index contributed by atoms with van der Waals surface area (Å²) in [6, 6.07) is 12.0. The van der Waals surface area contributed by atoms with Gasteiger partial charge in [0.25, 0.3) is 10.0 Å². The van der Waals surface area contributed by atoms with Gasteiger partial charge in [0.2, 0.25) is 0 Å². The number of hydrogen-bond donors (Lipinski definition) is 2. The number of para-hydroxylation sites is 1. The molecule has 106 valence electrons. The zero-order valence-corrected chi connectivity index (χ0v) is 13.3.